The Balaban J connectivity index is 2.80. The Morgan fingerprint density at radius 3 is 2.71 bits per heavy atom. The van der Waals surface area contributed by atoms with Gasteiger partial charge in [-0.3, -0.25) is 9.89 Å². The van der Waals surface area contributed by atoms with Gasteiger partial charge in [0.15, 0.2) is 0 Å². The van der Waals surface area contributed by atoms with Gasteiger partial charge < -0.3 is 15.9 Å². The van der Waals surface area contributed by atoms with E-state index in [0.29, 0.717) is 5.88 Å². The number of aliphatic imine (C=N–C) groups is 2. The van der Waals surface area contributed by atoms with Crippen LogP contribution in [0, 0.1) is 0 Å². The predicted molar refractivity (Wildman–Crippen MR) is 56.3 cm³/mol. The summed E-state index contributed by atoms with van der Waals surface area (Å²) in [5.74, 6) is 0.944. The number of hydrogen-bond acceptors (Lipinski definition) is 2. The summed E-state index contributed by atoms with van der Waals surface area (Å²) in [6.45, 7) is 0. The number of hydrogen-bond donors (Lipinski definition) is 2. The van der Waals surface area contributed by atoms with E-state index in [2.05, 4.69) is 9.98 Å². The van der Waals surface area contributed by atoms with Crippen LogP contribution in [0.5, 0.6) is 0 Å². The zero-order valence-electron chi connectivity index (χ0n) is 8.14. The molecule has 6 heteroatoms. The zero-order chi connectivity index (χ0) is 10.6. The molecule has 0 aromatic carbocycles. The van der Waals surface area contributed by atoms with Gasteiger partial charge in [-0.25, -0.2) is 0 Å². The summed E-state index contributed by atoms with van der Waals surface area (Å²) in [5.41, 5.74) is 11.0. The highest BCUT2D eigenvalue weighted by molar-refractivity contribution is 6.01. The van der Waals surface area contributed by atoms with E-state index in [9.17, 15) is 0 Å². The van der Waals surface area contributed by atoms with Crippen molar-refractivity contribution in [3.8, 4) is 0 Å². The number of guanidine groups is 2. The van der Waals surface area contributed by atoms with Crippen LogP contribution in [0.4, 0.5) is 5.88 Å². The van der Waals surface area contributed by atoms with Crippen LogP contribution in [-0.4, -0.2) is 26.0 Å². The molecule has 0 aliphatic heterocycles. The number of furan rings is 1. The van der Waals surface area contributed by atoms with Crippen molar-refractivity contribution >= 4 is 17.8 Å². The fourth-order valence-corrected chi connectivity index (χ4v) is 0.816. The van der Waals surface area contributed by atoms with E-state index < -0.39 is 0 Å². The molecule has 14 heavy (non-hydrogen) atoms. The maximum atomic E-state index is 5.64. The predicted octanol–water partition coefficient (Wildman–Crippen LogP) is -0.0250. The molecule has 76 valence electrons. The van der Waals surface area contributed by atoms with Crippen molar-refractivity contribution in [1.82, 2.24) is 0 Å². The molecule has 1 aromatic heterocycles. The van der Waals surface area contributed by atoms with Crippen LogP contribution in [0.3, 0.4) is 0 Å². The molecular weight excluding hydrogens is 182 g/mol. The zero-order valence-corrected chi connectivity index (χ0v) is 8.14. The second kappa shape index (κ2) is 4.31. The third-order valence-corrected chi connectivity index (χ3v) is 1.64. The average molecular weight is 195 g/mol. The molecule has 0 aliphatic carbocycles. The van der Waals surface area contributed by atoms with Gasteiger partial charge in [0.25, 0.3) is 0 Å². The monoisotopic (exact) mass is 195 g/mol. The molecule has 0 aliphatic rings. The molecule has 0 saturated carbocycles. The first-order valence-electron chi connectivity index (χ1n) is 3.98. The SMILES string of the molecule is CN=C(N)/N=C(\N)N(C)c1ccco1. The molecule has 0 bridgehead atoms. The van der Waals surface area contributed by atoms with Crippen LogP contribution in [-0.2, 0) is 0 Å². The third kappa shape index (κ3) is 2.25. The summed E-state index contributed by atoms with van der Waals surface area (Å²) < 4.78 is 5.12. The second-order valence-electron chi connectivity index (χ2n) is 2.56. The molecule has 6 nitrogen and oxygen atoms in total. The molecular formula is C8H13N5O. The lowest BCUT2D eigenvalue weighted by Gasteiger charge is -2.13. The fourth-order valence-electron chi connectivity index (χ4n) is 0.816. The van der Waals surface area contributed by atoms with Gasteiger partial charge >= 0.3 is 0 Å². The normalized spacial score (nSPS) is 13.0. The molecule has 0 unspecified atom stereocenters. The average Bonchev–Trinajstić information content (AvgIpc) is 2.69. The summed E-state index contributed by atoms with van der Waals surface area (Å²) in [6.07, 6.45) is 1.55. The van der Waals surface area contributed by atoms with Crippen molar-refractivity contribution in [2.24, 2.45) is 21.5 Å². The highest BCUT2D eigenvalue weighted by Crippen LogP contribution is 2.11. The summed E-state index contributed by atoms with van der Waals surface area (Å²) in [6, 6.07) is 3.53. The van der Waals surface area contributed by atoms with Crippen LogP contribution < -0.4 is 16.4 Å². The summed E-state index contributed by atoms with van der Waals surface area (Å²) in [4.78, 5) is 9.07. The largest absolute Gasteiger partial charge is 0.448 e. The van der Waals surface area contributed by atoms with E-state index in [-0.39, 0.29) is 11.9 Å². The Morgan fingerprint density at radius 1 is 1.50 bits per heavy atom. The minimum Gasteiger partial charge on any atom is -0.448 e. The van der Waals surface area contributed by atoms with Crippen molar-refractivity contribution in [3.05, 3.63) is 18.4 Å². The summed E-state index contributed by atoms with van der Waals surface area (Å²) in [5, 5.41) is 0. The quantitative estimate of drug-likeness (QED) is 0.486. The van der Waals surface area contributed by atoms with E-state index in [4.69, 9.17) is 15.9 Å². The molecule has 4 N–H and O–H groups in total. The molecule has 1 rings (SSSR count). The van der Waals surface area contributed by atoms with Crippen LogP contribution in [0.25, 0.3) is 0 Å². The van der Waals surface area contributed by atoms with Gasteiger partial charge in [0.2, 0.25) is 17.8 Å². The standard InChI is InChI=1S/C8H13N5O/c1-11-7(9)12-8(10)13(2)6-4-3-5-14-6/h3-5H,1-2H3,(H4,9,10,11,12). The van der Waals surface area contributed by atoms with Gasteiger partial charge in [-0.2, -0.15) is 4.99 Å². The minimum absolute atomic E-state index is 0.126. The Kier molecular flexibility index (Phi) is 3.11. The second-order valence-corrected chi connectivity index (χ2v) is 2.56. The first-order valence-corrected chi connectivity index (χ1v) is 3.98. The van der Waals surface area contributed by atoms with Crippen LogP contribution in [0.2, 0.25) is 0 Å². The lowest BCUT2D eigenvalue weighted by molar-refractivity contribution is 0.572. The van der Waals surface area contributed by atoms with E-state index >= 15 is 0 Å². The van der Waals surface area contributed by atoms with Gasteiger partial charge in [-0.1, -0.05) is 0 Å². The summed E-state index contributed by atoms with van der Waals surface area (Å²) in [7, 11) is 3.26. The van der Waals surface area contributed by atoms with E-state index in [1.54, 1.807) is 37.4 Å². The third-order valence-electron chi connectivity index (χ3n) is 1.64. The van der Waals surface area contributed by atoms with Crippen molar-refractivity contribution < 1.29 is 4.42 Å². The Labute approximate surface area is 81.9 Å². The van der Waals surface area contributed by atoms with Crippen molar-refractivity contribution in [1.29, 1.82) is 0 Å². The molecule has 0 radical (unpaired) electrons. The first-order chi connectivity index (χ1) is 6.65. The molecule has 1 heterocycles. The van der Waals surface area contributed by atoms with E-state index in [1.165, 1.54) is 0 Å². The Hall–Kier alpha value is -1.98. The van der Waals surface area contributed by atoms with Crippen molar-refractivity contribution in [3.63, 3.8) is 0 Å². The number of nitrogens with two attached hydrogens (primary N) is 2. The van der Waals surface area contributed by atoms with Crippen LogP contribution in [0.1, 0.15) is 0 Å². The molecule has 0 saturated heterocycles. The Bertz CT molecular complexity index is 341. The number of rotatable bonds is 1. The van der Waals surface area contributed by atoms with Gasteiger partial charge in [-0.15, -0.1) is 0 Å². The lowest BCUT2D eigenvalue weighted by atomic mass is 10.6. The van der Waals surface area contributed by atoms with Gasteiger partial charge in [-0.05, 0) is 6.07 Å². The highest BCUT2D eigenvalue weighted by atomic mass is 16.3. The molecule has 0 fully saturated rings. The number of nitrogens with zero attached hydrogens (tertiary/aromatic N) is 3. The molecule has 0 amide bonds. The maximum Gasteiger partial charge on any atom is 0.218 e. The first kappa shape index (κ1) is 10.1. The summed E-state index contributed by atoms with van der Waals surface area (Å²) >= 11 is 0. The van der Waals surface area contributed by atoms with Crippen molar-refractivity contribution in [2.75, 3.05) is 19.0 Å². The molecule has 1 aromatic rings. The van der Waals surface area contributed by atoms with E-state index in [0.717, 1.165) is 0 Å². The van der Waals surface area contributed by atoms with Gasteiger partial charge in [0.05, 0.1) is 6.26 Å². The molecule has 0 spiro atoms. The number of anilines is 1. The van der Waals surface area contributed by atoms with Crippen LogP contribution >= 0.6 is 0 Å². The van der Waals surface area contributed by atoms with Gasteiger partial charge in [0.1, 0.15) is 0 Å². The van der Waals surface area contributed by atoms with Crippen molar-refractivity contribution in [2.45, 2.75) is 0 Å². The van der Waals surface area contributed by atoms with Gasteiger partial charge in [0, 0.05) is 20.2 Å². The topological polar surface area (TPSA) is 93.1 Å². The Morgan fingerprint density at radius 2 is 2.21 bits per heavy atom. The molecule has 0 atom stereocenters. The lowest BCUT2D eigenvalue weighted by Crippen LogP contribution is -2.35. The smallest absolute Gasteiger partial charge is 0.218 e. The maximum absolute atomic E-state index is 5.64. The fraction of sp³-hybridized carbons (Fsp3) is 0.250. The highest BCUT2D eigenvalue weighted by Gasteiger charge is 2.07. The van der Waals surface area contributed by atoms with E-state index in [1.807, 2.05) is 0 Å². The van der Waals surface area contributed by atoms with Crippen LogP contribution in [0.15, 0.2) is 32.8 Å². The minimum atomic E-state index is 0.126.